The van der Waals surface area contributed by atoms with E-state index >= 15 is 0 Å². The SMILES string of the molecule is Cc1ccc(C(CNC(=O)c2cc(C(F)(F)F)c[nH]c2=O)N2CCOCC2)o1. The van der Waals surface area contributed by atoms with Gasteiger partial charge in [-0.05, 0) is 25.1 Å². The Morgan fingerprint density at radius 2 is 2.04 bits per heavy atom. The predicted molar refractivity (Wildman–Crippen MR) is 93.0 cm³/mol. The van der Waals surface area contributed by atoms with Crippen molar-refractivity contribution in [3.8, 4) is 0 Å². The molecule has 1 saturated heterocycles. The number of ether oxygens (including phenoxy) is 1. The molecule has 7 nitrogen and oxygen atoms in total. The fraction of sp³-hybridized carbons (Fsp3) is 0.444. The van der Waals surface area contributed by atoms with Gasteiger partial charge in [0.15, 0.2) is 0 Å². The van der Waals surface area contributed by atoms with E-state index in [0.29, 0.717) is 50.1 Å². The van der Waals surface area contributed by atoms with Gasteiger partial charge < -0.3 is 19.5 Å². The first-order valence-electron chi connectivity index (χ1n) is 8.72. The topological polar surface area (TPSA) is 87.6 Å². The monoisotopic (exact) mass is 399 g/mol. The van der Waals surface area contributed by atoms with E-state index in [9.17, 15) is 22.8 Å². The van der Waals surface area contributed by atoms with Gasteiger partial charge in [-0.2, -0.15) is 13.2 Å². The van der Waals surface area contributed by atoms with E-state index in [1.807, 2.05) is 4.98 Å². The molecule has 1 fully saturated rings. The molecule has 1 unspecified atom stereocenters. The minimum absolute atomic E-state index is 0.0709. The summed E-state index contributed by atoms with van der Waals surface area (Å²) in [5.74, 6) is 0.445. The van der Waals surface area contributed by atoms with Crippen LogP contribution in [0, 0.1) is 6.92 Å². The maximum absolute atomic E-state index is 12.9. The first-order valence-corrected chi connectivity index (χ1v) is 8.72. The van der Waals surface area contributed by atoms with E-state index in [1.54, 1.807) is 19.1 Å². The lowest BCUT2D eigenvalue weighted by Gasteiger charge is -2.33. The van der Waals surface area contributed by atoms with Crippen molar-refractivity contribution in [3.05, 3.63) is 57.4 Å². The van der Waals surface area contributed by atoms with Crippen LogP contribution in [0.2, 0.25) is 0 Å². The molecular weight excluding hydrogens is 379 g/mol. The number of hydrogen-bond donors (Lipinski definition) is 2. The molecule has 1 aliphatic heterocycles. The van der Waals surface area contributed by atoms with Crippen LogP contribution in [0.25, 0.3) is 0 Å². The standard InChI is InChI=1S/C18H20F3N3O4/c1-11-2-3-15(28-11)14(24-4-6-27-7-5-24)10-23-17(26)13-8-12(18(19,20)21)9-22-16(13)25/h2-3,8-9,14H,4-7,10H2,1H3,(H,22,25)(H,23,26). The van der Waals surface area contributed by atoms with Crippen molar-refractivity contribution in [2.75, 3.05) is 32.8 Å². The third-order valence-electron chi connectivity index (χ3n) is 4.51. The maximum atomic E-state index is 12.9. The molecule has 28 heavy (non-hydrogen) atoms. The number of halogens is 3. The number of hydrogen-bond acceptors (Lipinski definition) is 5. The van der Waals surface area contributed by atoms with Gasteiger partial charge in [0.1, 0.15) is 17.1 Å². The van der Waals surface area contributed by atoms with Gasteiger partial charge in [-0.25, -0.2) is 0 Å². The number of rotatable bonds is 5. The highest BCUT2D eigenvalue weighted by Crippen LogP contribution is 2.28. The van der Waals surface area contributed by atoms with Crippen molar-refractivity contribution in [2.45, 2.75) is 19.1 Å². The summed E-state index contributed by atoms with van der Waals surface area (Å²) < 4.78 is 49.6. The van der Waals surface area contributed by atoms with Crippen molar-refractivity contribution < 1.29 is 27.1 Å². The number of aromatic amines is 1. The molecule has 2 aromatic rings. The number of carbonyl (C=O) groups excluding carboxylic acids is 1. The molecule has 152 valence electrons. The molecule has 0 radical (unpaired) electrons. The number of furan rings is 1. The van der Waals surface area contributed by atoms with Crippen LogP contribution in [0.1, 0.15) is 33.5 Å². The van der Waals surface area contributed by atoms with Crippen molar-refractivity contribution in [1.29, 1.82) is 0 Å². The second kappa shape index (κ2) is 8.19. The van der Waals surface area contributed by atoms with Gasteiger partial charge in [-0.15, -0.1) is 0 Å². The second-order valence-electron chi connectivity index (χ2n) is 6.45. The molecule has 2 aromatic heterocycles. The van der Waals surface area contributed by atoms with Crippen LogP contribution in [-0.4, -0.2) is 48.6 Å². The lowest BCUT2D eigenvalue weighted by Crippen LogP contribution is -2.44. The summed E-state index contributed by atoms with van der Waals surface area (Å²) in [6, 6.07) is 3.81. The zero-order chi connectivity index (χ0) is 20.3. The van der Waals surface area contributed by atoms with Crippen LogP contribution in [-0.2, 0) is 10.9 Å². The Hall–Kier alpha value is -2.59. The molecule has 1 amide bonds. The van der Waals surface area contributed by atoms with Crippen molar-refractivity contribution in [1.82, 2.24) is 15.2 Å². The molecule has 10 heteroatoms. The summed E-state index contributed by atoms with van der Waals surface area (Å²) >= 11 is 0. The lowest BCUT2D eigenvalue weighted by molar-refractivity contribution is -0.137. The van der Waals surface area contributed by atoms with Crippen molar-refractivity contribution in [2.24, 2.45) is 0 Å². The molecule has 0 spiro atoms. The Morgan fingerprint density at radius 3 is 2.64 bits per heavy atom. The number of aromatic nitrogens is 1. The maximum Gasteiger partial charge on any atom is 0.417 e. The van der Waals surface area contributed by atoms with Crippen LogP contribution in [0.3, 0.4) is 0 Å². The highest BCUT2D eigenvalue weighted by Gasteiger charge is 2.32. The number of carbonyl (C=O) groups is 1. The number of amides is 1. The number of nitrogens with zero attached hydrogens (tertiary/aromatic N) is 1. The van der Waals surface area contributed by atoms with E-state index in [-0.39, 0.29) is 12.6 Å². The number of morpholine rings is 1. The van der Waals surface area contributed by atoms with Crippen LogP contribution >= 0.6 is 0 Å². The fourth-order valence-electron chi connectivity index (χ4n) is 3.03. The van der Waals surface area contributed by atoms with Gasteiger partial charge in [0, 0.05) is 25.8 Å². The Bertz CT molecular complexity index is 885. The van der Waals surface area contributed by atoms with Crippen LogP contribution in [0.15, 0.2) is 33.6 Å². The minimum Gasteiger partial charge on any atom is -0.465 e. The first-order chi connectivity index (χ1) is 13.3. The number of H-pyrrole nitrogens is 1. The van der Waals surface area contributed by atoms with Gasteiger partial charge >= 0.3 is 6.18 Å². The molecule has 0 aromatic carbocycles. The van der Waals surface area contributed by atoms with Gasteiger partial charge in [-0.1, -0.05) is 0 Å². The molecular formula is C18H20F3N3O4. The van der Waals surface area contributed by atoms with E-state index in [2.05, 4.69) is 10.2 Å². The molecule has 2 N–H and O–H groups in total. The summed E-state index contributed by atoms with van der Waals surface area (Å²) in [6.07, 6.45) is -4.12. The Morgan fingerprint density at radius 1 is 1.32 bits per heavy atom. The van der Waals surface area contributed by atoms with Gasteiger partial charge in [0.05, 0.1) is 24.8 Å². The highest BCUT2D eigenvalue weighted by molar-refractivity contribution is 5.94. The highest BCUT2D eigenvalue weighted by atomic mass is 19.4. The van der Waals surface area contributed by atoms with E-state index in [1.165, 1.54) is 0 Å². The average Bonchev–Trinajstić information content (AvgIpc) is 3.08. The molecule has 1 atom stereocenters. The van der Waals surface area contributed by atoms with Crippen LogP contribution in [0.5, 0.6) is 0 Å². The zero-order valence-corrected chi connectivity index (χ0v) is 15.1. The molecule has 0 saturated carbocycles. The number of alkyl halides is 3. The molecule has 3 rings (SSSR count). The number of aryl methyl sites for hydroxylation is 1. The van der Waals surface area contributed by atoms with Crippen LogP contribution < -0.4 is 10.9 Å². The predicted octanol–water partition coefficient (Wildman–Crippen LogP) is 2.10. The summed E-state index contributed by atoms with van der Waals surface area (Å²) in [5, 5.41) is 2.55. The van der Waals surface area contributed by atoms with Crippen LogP contribution in [0.4, 0.5) is 13.2 Å². The second-order valence-corrected chi connectivity index (χ2v) is 6.45. The quantitative estimate of drug-likeness (QED) is 0.804. The molecule has 1 aliphatic rings. The van der Waals surface area contributed by atoms with Gasteiger partial charge in [0.25, 0.3) is 11.5 Å². The summed E-state index contributed by atoms with van der Waals surface area (Å²) in [6.45, 7) is 4.14. The summed E-state index contributed by atoms with van der Waals surface area (Å²) in [4.78, 5) is 28.2. The largest absolute Gasteiger partial charge is 0.465 e. The van der Waals surface area contributed by atoms with Crippen molar-refractivity contribution in [3.63, 3.8) is 0 Å². The first kappa shape index (κ1) is 20.2. The average molecular weight is 399 g/mol. The third kappa shape index (κ3) is 4.63. The molecule has 0 aliphatic carbocycles. The van der Waals surface area contributed by atoms with Gasteiger partial charge in [-0.3, -0.25) is 14.5 Å². The fourth-order valence-corrected chi connectivity index (χ4v) is 3.03. The Balaban J connectivity index is 1.77. The minimum atomic E-state index is -4.67. The number of pyridine rings is 1. The Kier molecular flexibility index (Phi) is 5.90. The molecule has 0 bridgehead atoms. The smallest absolute Gasteiger partial charge is 0.417 e. The summed E-state index contributed by atoms with van der Waals surface area (Å²) in [5.41, 5.74) is -2.57. The normalized spacial score (nSPS) is 16.7. The van der Waals surface area contributed by atoms with E-state index < -0.39 is 28.8 Å². The van der Waals surface area contributed by atoms with E-state index in [0.717, 1.165) is 0 Å². The van der Waals surface area contributed by atoms with E-state index in [4.69, 9.17) is 9.15 Å². The number of nitrogens with one attached hydrogen (secondary N) is 2. The van der Waals surface area contributed by atoms with Gasteiger partial charge in [0.2, 0.25) is 0 Å². The Labute approximate surface area is 158 Å². The zero-order valence-electron chi connectivity index (χ0n) is 15.1. The summed E-state index contributed by atoms with van der Waals surface area (Å²) in [7, 11) is 0. The lowest BCUT2D eigenvalue weighted by atomic mass is 10.1. The van der Waals surface area contributed by atoms with Crippen molar-refractivity contribution >= 4 is 5.91 Å². The molecule has 3 heterocycles. The third-order valence-corrected chi connectivity index (χ3v) is 4.51.